The van der Waals surface area contributed by atoms with Gasteiger partial charge in [0.1, 0.15) is 6.54 Å². The Morgan fingerprint density at radius 2 is 1.82 bits per heavy atom. The predicted molar refractivity (Wildman–Crippen MR) is 84.8 cm³/mol. The summed E-state index contributed by atoms with van der Waals surface area (Å²) in [6.07, 6.45) is 0. The minimum atomic E-state index is -1.04. The number of aromatic nitrogens is 1. The molecule has 5 nitrogen and oxygen atoms in total. The van der Waals surface area contributed by atoms with Crippen LogP contribution in [-0.2, 0) is 4.79 Å². The highest BCUT2D eigenvalue weighted by Gasteiger charge is 2.20. The summed E-state index contributed by atoms with van der Waals surface area (Å²) in [5, 5.41) is 9.44. The van der Waals surface area contributed by atoms with Crippen LogP contribution in [0.3, 0.4) is 0 Å². The quantitative estimate of drug-likeness (QED) is 0.942. The van der Waals surface area contributed by atoms with Gasteiger partial charge in [-0.2, -0.15) is 0 Å². The lowest BCUT2D eigenvalue weighted by Crippen LogP contribution is -2.32. The molecule has 0 radical (unpaired) electrons. The Labute approximate surface area is 133 Å². The van der Waals surface area contributed by atoms with E-state index in [0.717, 1.165) is 17.1 Å². The van der Waals surface area contributed by atoms with Crippen molar-refractivity contribution in [3.63, 3.8) is 0 Å². The van der Waals surface area contributed by atoms with Gasteiger partial charge >= 0.3 is 5.97 Å². The zero-order valence-corrected chi connectivity index (χ0v) is 13.4. The number of halogens is 1. The van der Waals surface area contributed by atoms with Crippen LogP contribution in [0.4, 0.5) is 0 Å². The number of aryl methyl sites for hydroxylation is 1. The molecule has 0 aliphatic rings. The van der Waals surface area contributed by atoms with Crippen molar-refractivity contribution in [2.75, 3.05) is 13.6 Å². The third kappa shape index (κ3) is 3.14. The van der Waals surface area contributed by atoms with Gasteiger partial charge in [0.15, 0.2) is 0 Å². The van der Waals surface area contributed by atoms with Gasteiger partial charge < -0.3 is 14.6 Å². The molecule has 0 spiro atoms. The van der Waals surface area contributed by atoms with Crippen molar-refractivity contribution in [2.45, 2.75) is 13.8 Å². The van der Waals surface area contributed by atoms with Gasteiger partial charge in [0.05, 0.1) is 5.56 Å². The zero-order valence-electron chi connectivity index (χ0n) is 12.6. The second kappa shape index (κ2) is 6.23. The summed E-state index contributed by atoms with van der Waals surface area (Å²) < 4.78 is 1.94. The first kappa shape index (κ1) is 16.1. The molecule has 1 amide bonds. The molecule has 1 aromatic heterocycles. The van der Waals surface area contributed by atoms with Crippen molar-refractivity contribution in [3.8, 4) is 5.69 Å². The molecule has 1 heterocycles. The third-order valence-electron chi connectivity index (χ3n) is 3.47. The smallest absolute Gasteiger partial charge is 0.323 e. The number of aliphatic carboxylic acids is 1. The molecular formula is C16H17ClN2O3. The Morgan fingerprint density at radius 1 is 1.23 bits per heavy atom. The van der Waals surface area contributed by atoms with Crippen molar-refractivity contribution in [1.82, 2.24) is 9.47 Å². The Balaban J connectivity index is 2.41. The van der Waals surface area contributed by atoms with E-state index in [4.69, 9.17) is 16.7 Å². The normalized spacial score (nSPS) is 10.5. The fourth-order valence-electron chi connectivity index (χ4n) is 2.45. The molecule has 0 bridgehead atoms. The number of carbonyl (C=O) groups is 2. The van der Waals surface area contributed by atoms with Crippen LogP contribution in [0, 0.1) is 13.8 Å². The maximum atomic E-state index is 12.4. The highest BCUT2D eigenvalue weighted by atomic mass is 35.5. The SMILES string of the molecule is Cc1cc(C(=O)N(C)CC(=O)O)c(C)n1-c1ccc(Cl)cc1. The monoisotopic (exact) mass is 320 g/mol. The lowest BCUT2D eigenvalue weighted by molar-refractivity contribution is -0.137. The number of hydrogen-bond acceptors (Lipinski definition) is 2. The summed E-state index contributed by atoms with van der Waals surface area (Å²) in [5.74, 6) is -1.35. The topological polar surface area (TPSA) is 62.5 Å². The standard InChI is InChI=1S/C16H17ClN2O3/c1-10-8-14(16(22)18(3)9-15(20)21)11(2)19(10)13-6-4-12(17)5-7-13/h4-8H,9H2,1-3H3,(H,20,21). The zero-order chi connectivity index (χ0) is 16.4. The maximum Gasteiger partial charge on any atom is 0.323 e. The minimum Gasteiger partial charge on any atom is -0.480 e. The highest BCUT2D eigenvalue weighted by Crippen LogP contribution is 2.23. The molecule has 6 heteroatoms. The molecule has 1 aromatic carbocycles. The van der Waals surface area contributed by atoms with E-state index in [1.54, 1.807) is 18.2 Å². The van der Waals surface area contributed by atoms with E-state index < -0.39 is 5.97 Å². The average Bonchev–Trinajstić information content (AvgIpc) is 2.74. The maximum absolute atomic E-state index is 12.4. The van der Waals surface area contributed by atoms with E-state index in [0.29, 0.717) is 10.6 Å². The molecule has 0 saturated heterocycles. The molecule has 0 atom stereocenters. The molecule has 0 aliphatic carbocycles. The van der Waals surface area contributed by atoms with Gasteiger partial charge in [0, 0.05) is 29.1 Å². The molecule has 0 saturated carbocycles. The minimum absolute atomic E-state index is 0.310. The van der Waals surface area contributed by atoms with Gasteiger partial charge in [-0.15, -0.1) is 0 Å². The first-order valence-corrected chi connectivity index (χ1v) is 7.11. The van der Waals surface area contributed by atoms with Crippen LogP contribution >= 0.6 is 11.6 Å². The van der Waals surface area contributed by atoms with Crippen LogP contribution in [0.2, 0.25) is 5.02 Å². The van der Waals surface area contributed by atoms with Crippen LogP contribution in [0.1, 0.15) is 21.7 Å². The van der Waals surface area contributed by atoms with Crippen LogP contribution in [0.15, 0.2) is 30.3 Å². The number of carboxylic acid groups (broad SMARTS) is 1. The van der Waals surface area contributed by atoms with Crippen LogP contribution in [0.25, 0.3) is 5.69 Å². The summed E-state index contributed by atoms with van der Waals surface area (Å²) >= 11 is 5.90. The number of benzene rings is 1. The molecule has 22 heavy (non-hydrogen) atoms. The lowest BCUT2D eigenvalue weighted by Gasteiger charge is -2.15. The third-order valence-corrected chi connectivity index (χ3v) is 3.72. The van der Waals surface area contributed by atoms with E-state index in [1.165, 1.54) is 11.9 Å². The van der Waals surface area contributed by atoms with E-state index in [-0.39, 0.29) is 12.5 Å². The van der Waals surface area contributed by atoms with Gasteiger partial charge in [-0.25, -0.2) is 0 Å². The highest BCUT2D eigenvalue weighted by molar-refractivity contribution is 6.30. The van der Waals surface area contributed by atoms with Crippen molar-refractivity contribution in [1.29, 1.82) is 0 Å². The molecule has 0 unspecified atom stereocenters. The summed E-state index contributed by atoms with van der Waals surface area (Å²) in [7, 11) is 1.48. The Kier molecular flexibility index (Phi) is 4.56. The number of hydrogen-bond donors (Lipinski definition) is 1. The number of likely N-dealkylation sites (N-methyl/N-ethyl adjacent to an activating group) is 1. The number of carbonyl (C=O) groups excluding carboxylic acids is 1. The largest absolute Gasteiger partial charge is 0.480 e. The first-order valence-electron chi connectivity index (χ1n) is 6.73. The second-order valence-corrected chi connectivity index (χ2v) is 5.59. The van der Waals surface area contributed by atoms with Crippen molar-refractivity contribution >= 4 is 23.5 Å². The van der Waals surface area contributed by atoms with Gasteiger partial charge in [0.2, 0.25) is 0 Å². The van der Waals surface area contributed by atoms with E-state index in [9.17, 15) is 9.59 Å². The number of rotatable bonds is 4. The van der Waals surface area contributed by atoms with Gasteiger partial charge in [-0.1, -0.05) is 11.6 Å². The Morgan fingerprint density at radius 3 is 2.36 bits per heavy atom. The van der Waals surface area contributed by atoms with E-state index in [1.807, 2.05) is 30.5 Å². The summed E-state index contributed by atoms with van der Waals surface area (Å²) in [4.78, 5) is 24.3. The molecular weight excluding hydrogens is 304 g/mol. The van der Waals surface area contributed by atoms with Crippen molar-refractivity contribution in [2.24, 2.45) is 0 Å². The fraction of sp³-hybridized carbons (Fsp3) is 0.250. The van der Waals surface area contributed by atoms with Crippen molar-refractivity contribution < 1.29 is 14.7 Å². The molecule has 1 N–H and O–H groups in total. The molecule has 0 fully saturated rings. The van der Waals surface area contributed by atoms with E-state index >= 15 is 0 Å². The Bertz CT molecular complexity index is 720. The fourth-order valence-corrected chi connectivity index (χ4v) is 2.57. The molecule has 2 aromatic rings. The average molecular weight is 321 g/mol. The van der Waals surface area contributed by atoms with Crippen molar-refractivity contribution in [3.05, 3.63) is 52.3 Å². The molecule has 0 aliphatic heterocycles. The van der Waals surface area contributed by atoms with Gasteiger partial charge in [-0.05, 0) is 44.2 Å². The van der Waals surface area contributed by atoms with E-state index in [2.05, 4.69) is 0 Å². The number of amides is 1. The van der Waals surface area contributed by atoms with Crippen LogP contribution < -0.4 is 0 Å². The predicted octanol–water partition coefficient (Wildman–Crippen LogP) is 2.90. The van der Waals surface area contributed by atoms with Crippen LogP contribution in [-0.4, -0.2) is 40.0 Å². The molecule has 116 valence electrons. The number of nitrogens with zero attached hydrogens (tertiary/aromatic N) is 2. The Hall–Kier alpha value is -2.27. The number of carboxylic acids is 1. The summed E-state index contributed by atoms with van der Waals surface area (Å²) in [6.45, 7) is 3.41. The first-order chi connectivity index (χ1) is 10.3. The lowest BCUT2D eigenvalue weighted by atomic mass is 10.2. The summed E-state index contributed by atoms with van der Waals surface area (Å²) in [6, 6.07) is 9.08. The van der Waals surface area contributed by atoms with Gasteiger partial charge in [-0.3, -0.25) is 9.59 Å². The van der Waals surface area contributed by atoms with Gasteiger partial charge in [0.25, 0.3) is 5.91 Å². The summed E-state index contributed by atoms with van der Waals surface area (Å²) in [5.41, 5.74) is 3.06. The van der Waals surface area contributed by atoms with Crippen LogP contribution in [0.5, 0.6) is 0 Å². The molecule has 2 rings (SSSR count). The second-order valence-electron chi connectivity index (χ2n) is 5.15.